The summed E-state index contributed by atoms with van der Waals surface area (Å²) in [7, 11) is 0. The first-order valence-electron chi connectivity index (χ1n) is 11.3. The topological polar surface area (TPSA) is 104 Å². The molecular formula is C28H22ClFN4O2. The van der Waals surface area contributed by atoms with E-state index >= 15 is 4.39 Å². The van der Waals surface area contributed by atoms with E-state index in [0.29, 0.717) is 18.5 Å². The molecule has 0 unspecified atom stereocenters. The third-order valence-electron chi connectivity index (χ3n) is 6.07. The number of carbonyl (C=O) groups is 2. The number of hydrogen-bond acceptors (Lipinski definition) is 3. The van der Waals surface area contributed by atoms with Gasteiger partial charge in [-0.25, -0.2) is 4.39 Å². The maximum absolute atomic E-state index is 15.0. The van der Waals surface area contributed by atoms with Gasteiger partial charge in [0.25, 0.3) is 5.91 Å². The van der Waals surface area contributed by atoms with Crippen LogP contribution in [0.3, 0.4) is 0 Å². The van der Waals surface area contributed by atoms with Crippen molar-refractivity contribution in [3.63, 3.8) is 0 Å². The van der Waals surface area contributed by atoms with Crippen LogP contribution in [0.4, 0.5) is 10.2 Å². The van der Waals surface area contributed by atoms with Crippen molar-refractivity contribution in [1.82, 2.24) is 15.3 Å². The van der Waals surface area contributed by atoms with Crippen molar-refractivity contribution in [3.05, 3.63) is 112 Å². The number of fused-ring (bicyclic) bond motifs is 1. The van der Waals surface area contributed by atoms with E-state index in [0.717, 1.165) is 22.5 Å². The number of rotatable bonds is 7. The molecule has 2 aromatic heterocycles. The van der Waals surface area contributed by atoms with Gasteiger partial charge in [-0.3, -0.25) is 9.59 Å². The zero-order chi connectivity index (χ0) is 25.2. The van der Waals surface area contributed by atoms with Gasteiger partial charge in [-0.2, -0.15) is 0 Å². The molecule has 6 nitrogen and oxygen atoms in total. The molecule has 36 heavy (non-hydrogen) atoms. The lowest BCUT2D eigenvalue weighted by atomic mass is 9.96. The number of hydrogen-bond donors (Lipinski definition) is 4. The fraction of sp³-hybridized carbons (Fsp3) is 0.0714. The minimum Gasteiger partial charge on any atom is -0.385 e. The Morgan fingerprint density at radius 2 is 1.75 bits per heavy atom. The monoisotopic (exact) mass is 500 g/mol. The molecule has 1 amide bonds. The number of anilines is 1. The molecule has 8 heteroatoms. The molecule has 0 saturated carbocycles. The van der Waals surface area contributed by atoms with Crippen molar-refractivity contribution >= 4 is 40.0 Å². The van der Waals surface area contributed by atoms with Gasteiger partial charge in [0.2, 0.25) is 5.78 Å². The Labute approximate surface area is 211 Å². The van der Waals surface area contributed by atoms with Gasteiger partial charge in [-0.05, 0) is 36.2 Å². The van der Waals surface area contributed by atoms with Crippen LogP contribution in [-0.2, 0) is 6.42 Å². The lowest BCUT2D eigenvalue weighted by Gasteiger charge is -2.10. The van der Waals surface area contributed by atoms with E-state index < -0.39 is 17.5 Å². The molecule has 5 rings (SSSR count). The van der Waals surface area contributed by atoms with Crippen LogP contribution in [0.25, 0.3) is 22.0 Å². The van der Waals surface area contributed by atoms with Gasteiger partial charge in [0.1, 0.15) is 11.6 Å². The number of nitrogens with one attached hydrogen (secondary N) is 3. The molecule has 5 N–H and O–H groups in total. The van der Waals surface area contributed by atoms with Gasteiger partial charge >= 0.3 is 0 Å². The average molecular weight is 501 g/mol. The molecule has 0 aliphatic carbocycles. The summed E-state index contributed by atoms with van der Waals surface area (Å²) in [5, 5.41) is 4.13. The molecule has 0 bridgehead atoms. The number of nitrogens with two attached hydrogens (primary N) is 1. The third kappa shape index (κ3) is 4.36. The summed E-state index contributed by atoms with van der Waals surface area (Å²) in [5.74, 6) is -1.62. The molecule has 0 atom stereocenters. The second-order valence-corrected chi connectivity index (χ2v) is 8.78. The molecule has 0 saturated heterocycles. The van der Waals surface area contributed by atoms with Crippen molar-refractivity contribution in [1.29, 1.82) is 0 Å². The fourth-order valence-corrected chi connectivity index (χ4v) is 4.52. The predicted molar refractivity (Wildman–Crippen MR) is 140 cm³/mol. The highest BCUT2D eigenvalue weighted by molar-refractivity contribution is 6.30. The molecule has 180 valence electrons. The van der Waals surface area contributed by atoms with Gasteiger partial charge in [-0.15, -0.1) is 0 Å². The predicted octanol–water partition coefficient (Wildman–Crippen LogP) is 5.74. The normalized spacial score (nSPS) is 11.1. The zero-order valence-electron chi connectivity index (χ0n) is 19.1. The van der Waals surface area contributed by atoms with E-state index in [-0.39, 0.29) is 33.2 Å². The van der Waals surface area contributed by atoms with Crippen LogP contribution in [-0.4, -0.2) is 28.2 Å². The maximum atomic E-state index is 15.0. The summed E-state index contributed by atoms with van der Waals surface area (Å²) >= 11 is 5.95. The Hall–Kier alpha value is -4.36. The van der Waals surface area contributed by atoms with E-state index in [1.54, 1.807) is 30.3 Å². The van der Waals surface area contributed by atoms with Crippen LogP contribution in [0.5, 0.6) is 0 Å². The van der Waals surface area contributed by atoms with Gasteiger partial charge in [-0.1, -0.05) is 60.1 Å². The first kappa shape index (κ1) is 23.4. The lowest BCUT2D eigenvalue weighted by molar-refractivity contribution is 0.0955. The van der Waals surface area contributed by atoms with Crippen LogP contribution in [0, 0.1) is 5.82 Å². The van der Waals surface area contributed by atoms with Crippen molar-refractivity contribution < 1.29 is 14.0 Å². The number of aromatic amines is 2. The minimum absolute atomic E-state index is 0.00873. The molecule has 5 aromatic rings. The quantitative estimate of drug-likeness (QED) is 0.214. The van der Waals surface area contributed by atoms with Crippen molar-refractivity contribution in [2.75, 3.05) is 12.3 Å². The second-order valence-electron chi connectivity index (χ2n) is 8.35. The molecule has 0 aliphatic rings. The Morgan fingerprint density at radius 1 is 1.00 bits per heavy atom. The van der Waals surface area contributed by atoms with Gasteiger partial charge in [0.15, 0.2) is 0 Å². The Morgan fingerprint density at radius 3 is 2.53 bits per heavy atom. The molecular weight excluding hydrogens is 479 g/mol. The van der Waals surface area contributed by atoms with E-state index in [1.807, 2.05) is 30.5 Å². The molecule has 0 aliphatic heterocycles. The summed E-state index contributed by atoms with van der Waals surface area (Å²) in [6.45, 7) is 0.315. The Balaban J connectivity index is 1.49. The second kappa shape index (κ2) is 9.71. The number of para-hydroxylation sites is 1. The highest BCUT2D eigenvalue weighted by Crippen LogP contribution is 2.36. The molecule has 0 radical (unpaired) electrons. The van der Waals surface area contributed by atoms with Gasteiger partial charge < -0.3 is 21.0 Å². The zero-order valence-corrected chi connectivity index (χ0v) is 19.8. The summed E-state index contributed by atoms with van der Waals surface area (Å²) in [5.41, 5.74) is 8.82. The number of H-pyrrole nitrogens is 2. The highest BCUT2D eigenvalue weighted by Gasteiger charge is 2.28. The smallest absolute Gasteiger partial charge is 0.255 e. The van der Waals surface area contributed by atoms with Gasteiger partial charge in [0, 0.05) is 45.4 Å². The third-order valence-corrected chi connectivity index (χ3v) is 6.31. The average Bonchev–Trinajstić information content (AvgIpc) is 3.45. The number of benzene rings is 3. The molecule has 0 spiro atoms. The SMILES string of the molecule is Nc1[nH]c(C(=O)c2ccccc2)c(-c2ccc(Cl)cc2F)c1C(=O)NCCc1c[nH]c2ccccc12. The van der Waals surface area contributed by atoms with Crippen LogP contribution in [0.2, 0.25) is 5.02 Å². The lowest BCUT2D eigenvalue weighted by Crippen LogP contribution is -2.26. The number of amides is 1. The first-order chi connectivity index (χ1) is 17.4. The van der Waals surface area contributed by atoms with Gasteiger partial charge in [0.05, 0.1) is 11.3 Å². The summed E-state index contributed by atoms with van der Waals surface area (Å²) in [6.07, 6.45) is 2.48. The minimum atomic E-state index is -0.670. The summed E-state index contributed by atoms with van der Waals surface area (Å²) in [4.78, 5) is 32.7. The summed E-state index contributed by atoms with van der Waals surface area (Å²) in [6, 6.07) is 20.5. The van der Waals surface area contributed by atoms with Crippen LogP contribution in [0.15, 0.2) is 79.0 Å². The van der Waals surface area contributed by atoms with Crippen molar-refractivity contribution in [2.24, 2.45) is 0 Å². The first-order valence-corrected chi connectivity index (χ1v) is 11.7. The Bertz CT molecular complexity index is 1590. The van der Waals surface area contributed by atoms with Crippen LogP contribution >= 0.6 is 11.6 Å². The van der Waals surface area contributed by atoms with E-state index in [9.17, 15) is 9.59 Å². The number of carbonyl (C=O) groups excluding carboxylic acids is 2. The van der Waals surface area contributed by atoms with Crippen molar-refractivity contribution in [3.8, 4) is 11.1 Å². The summed E-state index contributed by atoms with van der Waals surface area (Å²) < 4.78 is 15.0. The fourth-order valence-electron chi connectivity index (χ4n) is 4.36. The largest absolute Gasteiger partial charge is 0.385 e. The number of nitrogen functional groups attached to an aromatic ring is 1. The Kier molecular flexibility index (Phi) is 6.31. The van der Waals surface area contributed by atoms with E-state index in [1.165, 1.54) is 12.1 Å². The van der Waals surface area contributed by atoms with E-state index in [4.69, 9.17) is 17.3 Å². The standard InChI is InChI=1S/C28H22ClFN4O2/c29-18-10-11-20(21(30)14-18)23-24(27(31)34-25(23)26(35)16-6-2-1-3-7-16)28(36)32-13-12-17-15-33-22-9-5-4-8-19(17)22/h1-11,14-15,33-34H,12-13,31H2,(H,32,36). The van der Waals surface area contributed by atoms with Crippen molar-refractivity contribution in [2.45, 2.75) is 6.42 Å². The highest BCUT2D eigenvalue weighted by atomic mass is 35.5. The number of ketones is 1. The molecule has 3 aromatic carbocycles. The maximum Gasteiger partial charge on any atom is 0.255 e. The van der Waals surface area contributed by atoms with E-state index in [2.05, 4.69) is 15.3 Å². The molecule has 0 fully saturated rings. The number of halogens is 2. The van der Waals surface area contributed by atoms with Crippen LogP contribution < -0.4 is 11.1 Å². The molecule has 2 heterocycles. The number of aromatic nitrogens is 2. The van der Waals surface area contributed by atoms with Crippen LogP contribution in [0.1, 0.15) is 32.0 Å².